The van der Waals surface area contributed by atoms with Gasteiger partial charge in [0.25, 0.3) is 0 Å². The predicted octanol–water partition coefficient (Wildman–Crippen LogP) is 4.25. The van der Waals surface area contributed by atoms with E-state index in [1.807, 2.05) is 97.9 Å². The SMILES string of the molecule is CO[C@]1(C)C[C@@H](C)[C@H](O)[C@H](C)CN(C)C[C@H](CCOCc2ccccc2)OC(=O)[C@H](C)[C@@H](O[C@H]2C[C@@](C)(OC)[C@@H](O)[C@H](C)O2)[C@H](C)[C@H]1O[C@@H]1O[C@H](C)C[C@H](N(C)C)[C@H]1O. The van der Waals surface area contributed by atoms with Gasteiger partial charge >= 0.3 is 5.97 Å². The second kappa shape index (κ2) is 22.0. The lowest BCUT2D eigenvalue weighted by Crippen LogP contribution is -2.61. The minimum atomic E-state index is -1.08. The van der Waals surface area contributed by atoms with Crippen molar-refractivity contribution in [3.05, 3.63) is 35.9 Å². The van der Waals surface area contributed by atoms with Gasteiger partial charge in [-0.3, -0.25) is 4.79 Å². The molecule has 3 heterocycles. The van der Waals surface area contributed by atoms with Crippen LogP contribution in [0.5, 0.6) is 0 Å². The molecule has 14 nitrogen and oxygen atoms in total. The van der Waals surface area contributed by atoms with Crippen molar-refractivity contribution < 1.29 is 58.0 Å². The lowest BCUT2D eigenvalue weighted by Gasteiger charge is -2.49. The molecule has 340 valence electrons. The molecule has 17 atom stereocenters. The van der Waals surface area contributed by atoms with Crippen LogP contribution in [0.4, 0.5) is 0 Å². The molecule has 3 aliphatic rings. The zero-order valence-electron chi connectivity index (χ0n) is 38.1. The van der Waals surface area contributed by atoms with Crippen molar-refractivity contribution in [2.24, 2.45) is 23.7 Å². The number of hydrogen-bond donors (Lipinski definition) is 3. The summed E-state index contributed by atoms with van der Waals surface area (Å²) in [4.78, 5) is 18.6. The predicted molar refractivity (Wildman–Crippen MR) is 223 cm³/mol. The maximum Gasteiger partial charge on any atom is 0.311 e. The van der Waals surface area contributed by atoms with Crippen LogP contribution in [0.15, 0.2) is 30.3 Å². The van der Waals surface area contributed by atoms with Crippen molar-refractivity contribution in [2.75, 3.05) is 55.1 Å². The Morgan fingerprint density at radius 3 is 2.15 bits per heavy atom. The van der Waals surface area contributed by atoms with Crippen LogP contribution in [0, 0.1) is 23.7 Å². The van der Waals surface area contributed by atoms with E-state index < -0.39 is 84.3 Å². The third kappa shape index (κ3) is 12.9. The highest BCUT2D eigenvalue weighted by atomic mass is 16.7. The van der Waals surface area contributed by atoms with Crippen LogP contribution >= 0.6 is 0 Å². The fourth-order valence-electron chi connectivity index (χ4n) is 9.49. The number of hydrogen-bond acceptors (Lipinski definition) is 14. The van der Waals surface area contributed by atoms with Gasteiger partial charge in [0.05, 0.1) is 60.9 Å². The topological polar surface area (TPSA) is 158 Å². The van der Waals surface area contributed by atoms with E-state index in [2.05, 4.69) is 4.90 Å². The first kappa shape index (κ1) is 49.9. The van der Waals surface area contributed by atoms with E-state index in [4.69, 9.17) is 37.9 Å². The Morgan fingerprint density at radius 1 is 0.864 bits per heavy atom. The van der Waals surface area contributed by atoms with Gasteiger partial charge in [0.1, 0.15) is 18.3 Å². The van der Waals surface area contributed by atoms with Gasteiger partial charge in [-0.05, 0) is 86.0 Å². The third-order valence-electron chi connectivity index (χ3n) is 13.3. The van der Waals surface area contributed by atoms with Crippen LogP contribution in [-0.4, -0.2) is 165 Å². The summed E-state index contributed by atoms with van der Waals surface area (Å²) in [5.74, 6) is -2.32. The van der Waals surface area contributed by atoms with E-state index in [9.17, 15) is 20.1 Å². The van der Waals surface area contributed by atoms with E-state index in [-0.39, 0.29) is 30.4 Å². The van der Waals surface area contributed by atoms with E-state index >= 15 is 0 Å². The molecule has 0 spiro atoms. The van der Waals surface area contributed by atoms with Gasteiger partial charge in [0.2, 0.25) is 0 Å². The summed E-state index contributed by atoms with van der Waals surface area (Å²) in [5, 5.41) is 34.6. The van der Waals surface area contributed by atoms with Crippen LogP contribution in [0.25, 0.3) is 0 Å². The second-order valence-electron chi connectivity index (χ2n) is 18.6. The summed E-state index contributed by atoms with van der Waals surface area (Å²) < 4.78 is 51.2. The van der Waals surface area contributed by atoms with E-state index in [0.29, 0.717) is 45.6 Å². The Labute approximate surface area is 354 Å². The first-order chi connectivity index (χ1) is 27.7. The number of aliphatic hydroxyl groups is 3. The number of cyclic esters (lactones) is 1. The maximum atomic E-state index is 14.6. The summed E-state index contributed by atoms with van der Waals surface area (Å²) in [6.45, 7) is 17.0. The van der Waals surface area contributed by atoms with Crippen LogP contribution in [0.2, 0.25) is 0 Å². The highest BCUT2D eigenvalue weighted by Crippen LogP contribution is 2.41. The number of methoxy groups -OCH3 is 2. The highest BCUT2D eigenvalue weighted by Gasteiger charge is 2.52. The Kier molecular flexibility index (Phi) is 18.6. The highest BCUT2D eigenvalue weighted by molar-refractivity contribution is 5.73. The fraction of sp³-hybridized carbons (Fsp3) is 0.844. The molecule has 0 unspecified atom stereocenters. The molecular weight excluding hydrogens is 760 g/mol. The normalized spacial score (nSPS) is 42.5. The van der Waals surface area contributed by atoms with Crippen LogP contribution in [-0.2, 0) is 49.3 Å². The molecule has 0 aliphatic carbocycles. The first-order valence-electron chi connectivity index (χ1n) is 21.7. The van der Waals surface area contributed by atoms with E-state index in [1.54, 1.807) is 28.1 Å². The van der Waals surface area contributed by atoms with E-state index in [0.717, 1.165) is 5.56 Å². The molecule has 59 heavy (non-hydrogen) atoms. The number of likely N-dealkylation sites (N-methyl/N-ethyl adjacent to an activating group) is 2. The van der Waals surface area contributed by atoms with Crippen molar-refractivity contribution >= 4 is 5.97 Å². The molecule has 3 aliphatic heterocycles. The van der Waals surface area contributed by atoms with Gasteiger partial charge < -0.3 is 63.0 Å². The largest absolute Gasteiger partial charge is 0.461 e. The molecule has 0 saturated carbocycles. The summed E-state index contributed by atoms with van der Waals surface area (Å²) in [6.07, 6.45) is -6.03. The summed E-state index contributed by atoms with van der Waals surface area (Å²) >= 11 is 0. The number of esters is 1. The van der Waals surface area contributed by atoms with Crippen molar-refractivity contribution in [1.82, 2.24) is 9.80 Å². The Balaban J connectivity index is 1.77. The molecular formula is C45H78N2O12. The molecule has 0 amide bonds. The average molecular weight is 839 g/mol. The standard InChI is InChI=1S/C45H78N2O12/c1-27-22-45(8,53-13)41(59-43-38(49)35(46(9)10)21-29(3)55-43)30(4)39(58-36-23-44(7,52-12)40(50)32(6)56-36)31(5)42(51)57-34(25-47(11)24-28(2)37(27)48)19-20-54-26-33-17-15-14-16-18-33/h14-18,27-32,34-41,43,48-50H,19-26H2,1-13H3/t27-,28-,29-,30+,31-,32+,34+,35+,36+,37+,38-,39+,40+,41-,43+,44-,45-/m1/s1. The van der Waals surface area contributed by atoms with Crippen LogP contribution < -0.4 is 0 Å². The molecule has 0 aromatic heterocycles. The summed E-state index contributed by atoms with van der Waals surface area (Å²) in [6, 6.07) is 9.69. The number of rotatable bonds is 12. The molecule has 14 heteroatoms. The van der Waals surface area contributed by atoms with Crippen LogP contribution in [0.1, 0.15) is 86.6 Å². The number of nitrogens with zero attached hydrogens (tertiary/aromatic N) is 2. The maximum absolute atomic E-state index is 14.6. The quantitative estimate of drug-likeness (QED) is 0.203. The van der Waals surface area contributed by atoms with Gasteiger partial charge in [0, 0.05) is 52.1 Å². The average Bonchev–Trinajstić information content (AvgIpc) is 3.19. The number of carbonyl (C=O) groups excluding carboxylic acids is 1. The zero-order valence-corrected chi connectivity index (χ0v) is 38.1. The molecule has 3 fully saturated rings. The Hall–Kier alpha value is -1.79. The minimum absolute atomic E-state index is 0.139. The van der Waals surface area contributed by atoms with Crippen molar-refractivity contribution in [3.63, 3.8) is 0 Å². The Bertz CT molecular complexity index is 1410. The Morgan fingerprint density at radius 2 is 1.53 bits per heavy atom. The molecule has 0 bridgehead atoms. The zero-order chi connectivity index (χ0) is 43.8. The monoisotopic (exact) mass is 839 g/mol. The van der Waals surface area contributed by atoms with Crippen molar-refractivity contribution in [2.45, 2.75) is 166 Å². The van der Waals surface area contributed by atoms with Crippen molar-refractivity contribution in [1.29, 1.82) is 0 Å². The van der Waals surface area contributed by atoms with Gasteiger partial charge in [-0.15, -0.1) is 0 Å². The van der Waals surface area contributed by atoms with Gasteiger partial charge in [-0.1, -0.05) is 51.1 Å². The van der Waals surface area contributed by atoms with Gasteiger partial charge in [-0.25, -0.2) is 0 Å². The lowest BCUT2D eigenvalue weighted by atomic mass is 9.75. The molecule has 0 radical (unpaired) electrons. The molecule has 4 rings (SSSR count). The summed E-state index contributed by atoms with van der Waals surface area (Å²) in [5.41, 5.74) is -1.01. The fourth-order valence-corrected chi connectivity index (χ4v) is 9.49. The smallest absolute Gasteiger partial charge is 0.311 e. The third-order valence-corrected chi connectivity index (χ3v) is 13.3. The van der Waals surface area contributed by atoms with E-state index in [1.165, 1.54) is 0 Å². The summed E-state index contributed by atoms with van der Waals surface area (Å²) in [7, 11) is 8.98. The molecule has 1 aromatic rings. The molecule has 3 N–H and O–H groups in total. The second-order valence-corrected chi connectivity index (χ2v) is 18.6. The number of aliphatic hydroxyl groups excluding tert-OH is 3. The van der Waals surface area contributed by atoms with Crippen molar-refractivity contribution in [3.8, 4) is 0 Å². The number of ether oxygens (including phenoxy) is 8. The van der Waals surface area contributed by atoms with Crippen LogP contribution in [0.3, 0.4) is 0 Å². The first-order valence-corrected chi connectivity index (χ1v) is 21.7. The lowest BCUT2D eigenvalue weighted by molar-refractivity contribution is -0.319. The van der Waals surface area contributed by atoms with Gasteiger partial charge in [0.15, 0.2) is 12.6 Å². The molecule has 1 aromatic carbocycles. The van der Waals surface area contributed by atoms with Gasteiger partial charge in [-0.2, -0.15) is 0 Å². The minimum Gasteiger partial charge on any atom is -0.461 e. The molecule has 3 saturated heterocycles. The number of carbonyl (C=O) groups is 1. The number of benzene rings is 1.